The van der Waals surface area contributed by atoms with Crippen LogP contribution in [0.2, 0.25) is 5.15 Å². The van der Waals surface area contributed by atoms with E-state index in [0.717, 1.165) is 16.9 Å². The molecule has 7 heteroatoms. The lowest BCUT2D eigenvalue weighted by Crippen LogP contribution is -2.22. The molecule has 0 spiro atoms. The molecule has 2 heterocycles. The molecule has 0 N–H and O–H groups in total. The zero-order chi connectivity index (χ0) is 15.9. The van der Waals surface area contributed by atoms with Crippen molar-refractivity contribution in [2.45, 2.75) is 6.92 Å². The highest BCUT2D eigenvalue weighted by atomic mass is 35.5. The number of aromatic nitrogens is 2. The number of aryl methyl sites for hydroxylation is 1. The zero-order valence-corrected chi connectivity index (χ0v) is 14.3. The van der Waals surface area contributed by atoms with Crippen molar-refractivity contribution < 1.29 is 4.79 Å². The number of para-hydroxylation sites is 1. The number of rotatable bonds is 2. The molecular formula is C15H12ClN3OS2. The van der Waals surface area contributed by atoms with Gasteiger partial charge in [-0.3, -0.25) is 9.69 Å². The number of carbonyl (C=O) groups is 1. The summed E-state index contributed by atoms with van der Waals surface area (Å²) in [6, 6.07) is 9.62. The molecule has 0 atom stereocenters. The summed E-state index contributed by atoms with van der Waals surface area (Å²) >= 11 is 12.9. The van der Waals surface area contributed by atoms with E-state index in [-0.39, 0.29) is 5.91 Å². The van der Waals surface area contributed by atoms with E-state index in [9.17, 15) is 4.79 Å². The number of likely N-dealkylation sites (N-methyl/N-ethyl adjacent to an activating group) is 1. The van der Waals surface area contributed by atoms with Gasteiger partial charge in [-0.05, 0) is 25.1 Å². The number of amides is 1. The monoisotopic (exact) mass is 349 g/mol. The highest BCUT2D eigenvalue weighted by Gasteiger charge is 2.29. The first-order chi connectivity index (χ1) is 10.5. The summed E-state index contributed by atoms with van der Waals surface area (Å²) in [7, 11) is 1.67. The van der Waals surface area contributed by atoms with Crippen molar-refractivity contribution >= 4 is 51.9 Å². The number of hydrogen-bond donors (Lipinski definition) is 0. The number of benzene rings is 1. The van der Waals surface area contributed by atoms with Gasteiger partial charge in [-0.25, -0.2) is 4.68 Å². The lowest BCUT2D eigenvalue weighted by Gasteiger charge is -2.03. The fourth-order valence-electron chi connectivity index (χ4n) is 2.09. The third-order valence-electron chi connectivity index (χ3n) is 3.31. The molecule has 0 saturated carbocycles. The highest BCUT2D eigenvalue weighted by Crippen LogP contribution is 2.34. The van der Waals surface area contributed by atoms with Crippen LogP contribution in [0.1, 0.15) is 11.3 Å². The van der Waals surface area contributed by atoms with Gasteiger partial charge in [0.05, 0.1) is 16.3 Å². The van der Waals surface area contributed by atoms with Crippen LogP contribution in [0.15, 0.2) is 35.2 Å². The van der Waals surface area contributed by atoms with Crippen LogP contribution in [0.25, 0.3) is 11.8 Å². The van der Waals surface area contributed by atoms with Gasteiger partial charge in [0.15, 0.2) is 0 Å². The van der Waals surface area contributed by atoms with Crippen LogP contribution in [-0.2, 0) is 4.79 Å². The Balaban J connectivity index is 2.05. The van der Waals surface area contributed by atoms with Crippen LogP contribution >= 0.6 is 35.6 Å². The SMILES string of the molecule is Cc1nn(-c2ccccc2)c(Cl)c1C=C1SC(=S)N(C)C1=O. The maximum Gasteiger partial charge on any atom is 0.265 e. The Labute approximate surface area is 142 Å². The minimum absolute atomic E-state index is 0.113. The molecule has 22 heavy (non-hydrogen) atoms. The minimum Gasteiger partial charge on any atom is -0.296 e. The van der Waals surface area contributed by atoms with Gasteiger partial charge in [0.2, 0.25) is 0 Å². The van der Waals surface area contributed by atoms with Crippen LogP contribution in [0.3, 0.4) is 0 Å². The van der Waals surface area contributed by atoms with E-state index in [0.29, 0.717) is 14.4 Å². The predicted octanol–water partition coefficient (Wildman–Crippen LogP) is 3.67. The molecule has 112 valence electrons. The van der Waals surface area contributed by atoms with Crippen molar-refractivity contribution in [3.8, 4) is 5.69 Å². The number of halogens is 1. The first kappa shape index (κ1) is 15.3. The predicted molar refractivity (Wildman–Crippen MR) is 94.2 cm³/mol. The molecule has 4 nitrogen and oxygen atoms in total. The molecule has 1 aromatic heterocycles. The first-order valence-corrected chi connectivity index (χ1v) is 8.11. The van der Waals surface area contributed by atoms with E-state index in [1.165, 1.54) is 16.7 Å². The normalized spacial score (nSPS) is 16.9. The van der Waals surface area contributed by atoms with Crippen molar-refractivity contribution in [3.05, 3.63) is 51.6 Å². The summed E-state index contributed by atoms with van der Waals surface area (Å²) in [6.45, 7) is 1.86. The molecule has 1 fully saturated rings. The molecule has 0 radical (unpaired) electrons. The summed E-state index contributed by atoms with van der Waals surface area (Å²) in [5.41, 5.74) is 2.37. The molecule has 0 bridgehead atoms. The van der Waals surface area contributed by atoms with Gasteiger partial charge in [0, 0.05) is 12.6 Å². The van der Waals surface area contributed by atoms with Gasteiger partial charge in [0.25, 0.3) is 5.91 Å². The maximum atomic E-state index is 12.1. The second-order valence-corrected chi connectivity index (χ2v) is 6.81. The molecule has 0 aliphatic carbocycles. The highest BCUT2D eigenvalue weighted by molar-refractivity contribution is 8.26. The van der Waals surface area contributed by atoms with E-state index in [1.807, 2.05) is 37.3 Å². The number of thioether (sulfide) groups is 1. The van der Waals surface area contributed by atoms with Gasteiger partial charge in [-0.2, -0.15) is 5.10 Å². The lowest BCUT2D eigenvalue weighted by molar-refractivity contribution is -0.121. The molecule has 1 saturated heterocycles. The Morgan fingerprint density at radius 3 is 2.59 bits per heavy atom. The fraction of sp³-hybridized carbons (Fsp3) is 0.133. The Hall–Kier alpha value is -1.63. The maximum absolute atomic E-state index is 12.1. The molecule has 2 aromatic rings. The van der Waals surface area contributed by atoms with Gasteiger partial charge in [0.1, 0.15) is 9.47 Å². The van der Waals surface area contributed by atoms with Crippen molar-refractivity contribution in [2.24, 2.45) is 0 Å². The quantitative estimate of drug-likeness (QED) is 0.612. The average Bonchev–Trinajstić information content (AvgIpc) is 2.93. The van der Waals surface area contributed by atoms with E-state index >= 15 is 0 Å². The number of nitrogens with zero attached hydrogens (tertiary/aromatic N) is 3. The summed E-state index contributed by atoms with van der Waals surface area (Å²) in [5.74, 6) is -0.113. The molecular weight excluding hydrogens is 338 g/mol. The average molecular weight is 350 g/mol. The van der Waals surface area contributed by atoms with Gasteiger partial charge in [-0.15, -0.1) is 0 Å². The van der Waals surface area contributed by atoms with Gasteiger partial charge >= 0.3 is 0 Å². The standard InChI is InChI=1S/C15H12ClN3OS2/c1-9-11(8-12-14(20)18(2)15(21)22-12)13(16)19(17-9)10-6-4-3-5-7-10/h3-8H,1-2H3. The summed E-state index contributed by atoms with van der Waals surface area (Å²) < 4.78 is 2.20. The second-order valence-electron chi connectivity index (χ2n) is 4.78. The van der Waals surface area contributed by atoms with E-state index in [4.69, 9.17) is 23.8 Å². The number of thiocarbonyl (C=S) groups is 1. The number of hydrogen-bond acceptors (Lipinski definition) is 4. The van der Waals surface area contributed by atoms with Crippen LogP contribution in [0, 0.1) is 6.92 Å². The van der Waals surface area contributed by atoms with Crippen molar-refractivity contribution in [1.82, 2.24) is 14.7 Å². The largest absolute Gasteiger partial charge is 0.296 e. The van der Waals surface area contributed by atoms with Crippen molar-refractivity contribution in [2.75, 3.05) is 7.05 Å². The van der Waals surface area contributed by atoms with Crippen LogP contribution in [0.5, 0.6) is 0 Å². The molecule has 1 amide bonds. The Kier molecular flexibility index (Phi) is 4.08. The van der Waals surface area contributed by atoms with Gasteiger partial charge < -0.3 is 0 Å². The van der Waals surface area contributed by atoms with E-state index in [2.05, 4.69) is 5.10 Å². The molecule has 0 unspecified atom stereocenters. The second kappa shape index (κ2) is 5.87. The smallest absolute Gasteiger partial charge is 0.265 e. The van der Waals surface area contributed by atoms with Crippen molar-refractivity contribution in [3.63, 3.8) is 0 Å². The zero-order valence-electron chi connectivity index (χ0n) is 11.9. The third kappa shape index (κ3) is 2.58. The molecule has 1 aliphatic rings. The molecule has 1 aromatic carbocycles. The topological polar surface area (TPSA) is 38.1 Å². The van der Waals surface area contributed by atoms with Gasteiger partial charge in [-0.1, -0.05) is 53.8 Å². The molecule has 1 aliphatic heterocycles. The molecule has 3 rings (SSSR count). The summed E-state index contributed by atoms with van der Waals surface area (Å²) in [6.07, 6.45) is 1.76. The fourth-order valence-corrected chi connectivity index (χ4v) is 3.58. The Bertz CT molecular complexity index is 799. The lowest BCUT2D eigenvalue weighted by atomic mass is 10.2. The van der Waals surface area contributed by atoms with Crippen LogP contribution in [0.4, 0.5) is 0 Å². The Morgan fingerprint density at radius 1 is 1.32 bits per heavy atom. The minimum atomic E-state index is -0.113. The van der Waals surface area contributed by atoms with E-state index in [1.54, 1.807) is 17.8 Å². The first-order valence-electron chi connectivity index (χ1n) is 6.51. The Morgan fingerprint density at radius 2 is 2.00 bits per heavy atom. The summed E-state index contributed by atoms with van der Waals surface area (Å²) in [4.78, 5) is 14.1. The van der Waals surface area contributed by atoms with Crippen molar-refractivity contribution in [1.29, 1.82) is 0 Å². The van der Waals surface area contributed by atoms with Crippen LogP contribution < -0.4 is 0 Å². The number of carbonyl (C=O) groups excluding carboxylic acids is 1. The summed E-state index contributed by atoms with van der Waals surface area (Å²) in [5, 5.41) is 4.94. The van der Waals surface area contributed by atoms with Crippen LogP contribution in [-0.4, -0.2) is 32.0 Å². The van der Waals surface area contributed by atoms with E-state index < -0.39 is 0 Å². The third-order valence-corrected chi connectivity index (χ3v) is 5.16.